The molecule has 3 heteroatoms. The fourth-order valence-corrected chi connectivity index (χ4v) is 3.57. The number of hydrogen-bond acceptors (Lipinski definition) is 1. The smallest absolute Gasteiger partial charge is 0.0738 e. The number of alkyl halides is 1. The van der Waals surface area contributed by atoms with Gasteiger partial charge < -0.3 is 0 Å². The first-order valence-corrected chi connectivity index (χ1v) is 8.00. The summed E-state index contributed by atoms with van der Waals surface area (Å²) in [7, 11) is 0. The Labute approximate surface area is 122 Å². The highest BCUT2D eigenvalue weighted by atomic mass is 127. The van der Waals surface area contributed by atoms with Gasteiger partial charge in [-0.2, -0.15) is 0 Å². The van der Waals surface area contributed by atoms with E-state index in [4.69, 9.17) is 0 Å². The Bertz CT molecular complexity index is 461. The van der Waals surface area contributed by atoms with Gasteiger partial charge in [0, 0.05) is 13.3 Å². The molecule has 0 radical (unpaired) electrons. The van der Waals surface area contributed by atoms with Crippen LogP contribution >= 0.6 is 49.9 Å². The van der Waals surface area contributed by atoms with Crippen molar-refractivity contribution in [1.82, 2.24) is 0 Å². The lowest BCUT2D eigenvalue weighted by Crippen LogP contribution is -1.88. The van der Waals surface area contributed by atoms with Crippen molar-refractivity contribution in [2.24, 2.45) is 0 Å². The summed E-state index contributed by atoms with van der Waals surface area (Å²) in [6.07, 6.45) is 1.12. The molecule has 0 nitrogen and oxygen atoms in total. The van der Waals surface area contributed by atoms with Gasteiger partial charge in [0.1, 0.15) is 0 Å². The maximum atomic E-state index is 3.77. The average molecular weight is 407 g/mol. The van der Waals surface area contributed by atoms with Crippen LogP contribution in [0.1, 0.15) is 27.1 Å². The predicted octanol–water partition coefficient (Wildman–Crippen LogP) is 5.40. The monoisotopic (exact) mass is 406 g/mol. The Balaban J connectivity index is 2.24. The molecule has 0 aliphatic rings. The third-order valence-corrected chi connectivity index (χ3v) is 5.78. The molecule has 16 heavy (non-hydrogen) atoms. The van der Waals surface area contributed by atoms with Crippen molar-refractivity contribution in [3.05, 3.63) is 55.3 Å². The number of halogens is 2. The van der Waals surface area contributed by atoms with Crippen molar-refractivity contribution in [1.29, 1.82) is 0 Å². The second-order valence-electron chi connectivity index (χ2n) is 3.57. The van der Waals surface area contributed by atoms with Gasteiger partial charge in [0.15, 0.2) is 0 Å². The standard InChI is InChI=1S/C13H12BrIS/c1-2-11-7-8-12(16-11)13(14)9-3-5-10(15)6-4-9/h3-8,13H,2H2,1H3. The van der Waals surface area contributed by atoms with Crippen LogP contribution < -0.4 is 0 Å². The van der Waals surface area contributed by atoms with E-state index in [1.54, 1.807) is 0 Å². The molecule has 1 aromatic carbocycles. The minimum absolute atomic E-state index is 0.329. The summed E-state index contributed by atoms with van der Waals surface area (Å²) < 4.78 is 1.28. The summed E-state index contributed by atoms with van der Waals surface area (Å²) in [6.45, 7) is 2.20. The highest BCUT2D eigenvalue weighted by Crippen LogP contribution is 2.35. The van der Waals surface area contributed by atoms with E-state index in [2.05, 4.69) is 81.8 Å². The molecule has 2 aromatic rings. The molecule has 1 atom stereocenters. The summed E-state index contributed by atoms with van der Waals surface area (Å²) in [5, 5.41) is 0. The lowest BCUT2D eigenvalue weighted by molar-refractivity contribution is 1.19. The van der Waals surface area contributed by atoms with E-state index in [0.29, 0.717) is 4.83 Å². The fourth-order valence-electron chi connectivity index (χ4n) is 1.52. The highest BCUT2D eigenvalue weighted by molar-refractivity contribution is 14.1. The van der Waals surface area contributed by atoms with Gasteiger partial charge in [-0.1, -0.05) is 35.0 Å². The second kappa shape index (κ2) is 5.65. The maximum absolute atomic E-state index is 3.77. The van der Waals surface area contributed by atoms with Crippen molar-refractivity contribution in [2.75, 3.05) is 0 Å². The largest absolute Gasteiger partial charge is 0.144 e. The summed E-state index contributed by atoms with van der Waals surface area (Å²) >= 11 is 7.99. The first-order valence-electron chi connectivity index (χ1n) is 5.19. The molecule has 0 saturated heterocycles. The normalized spacial score (nSPS) is 12.7. The topological polar surface area (TPSA) is 0 Å². The zero-order valence-corrected chi connectivity index (χ0v) is 13.5. The summed E-state index contributed by atoms with van der Waals surface area (Å²) in [6, 6.07) is 13.1. The molecule has 0 aliphatic carbocycles. The zero-order chi connectivity index (χ0) is 11.5. The molecule has 0 spiro atoms. The van der Waals surface area contributed by atoms with Crippen molar-refractivity contribution in [3.8, 4) is 0 Å². The van der Waals surface area contributed by atoms with E-state index in [-0.39, 0.29) is 0 Å². The van der Waals surface area contributed by atoms with E-state index in [9.17, 15) is 0 Å². The molecule has 0 aliphatic heterocycles. The van der Waals surface area contributed by atoms with Gasteiger partial charge in [0.25, 0.3) is 0 Å². The van der Waals surface area contributed by atoms with Crippen LogP contribution in [0.3, 0.4) is 0 Å². The molecule has 1 unspecified atom stereocenters. The van der Waals surface area contributed by atoms with Crippen LogP contribution in [0.5, 0.6) is 0 Å². The Morgan fingerprint density at radius 2 is 1.88 bits per heavy atom. The van der Waals surface area contributed by atoms with Crippen molar-refractivity contribution in [3.63, 3.8) is 0 Å². The molecule has 0 amide bonds. The minimum atomic E-state index is 0.329. The van der Waals surface area contributed by atoms with E-state index >= 15 is 0 Å². The molecule has 0 bridgehead atoms. The first-order chi connectivity index (χ1) is 7.70. The summed E-state index contributed by atoms with van der Waals surface area (Å²) in [5.41, 5.74) is 1.32. The van der Waals surface area contributed by atoms with Crippen molar-refractivity contribution < 1.29 is 0 Å². The third kappa shape index (κ3) is 2.87. The molecular formula is C13H12BrIS. The van der Waals surface area contributed by atoms with Gasteiger partial charge >= 0.3 is 0 Å². The molecule has 1 aromatic heterocycles. The summed E-state index contributed by atoms with van der Waals surface area (Å²) in [4.78, 5) is 3.16. The van der Waals surface area contributed by atoms with Gasteiger partial charge in [-0.15, -0.1) is 11.3 Å². The quantitative estimate of drug-likeness (QED) is 0.472. The fraction of sp³-hybridized carbons (Fsp3) is 0.231. The van der Waals surface area contributed by atoms with Gasteiger partial charge in [0.05, 0.1) is 4.83 Å². The Morgan fingerprint density at radius 1 is 1.19 bits per heavy atom. The number of benzene rings is 1. The van der Waals surface area contributed by atoms with Crippen LogP contribution in [-0.4, -0.2) is 0 Å². The van der Waals surface area contributed by atoms with Crippen molar-refractivity contribution >= 4 is 49.9 Å². The number of thiophene rings is 1. The van der Waals surface area contributed by atoms with Crippen LogP contribution in [0.25, 0.3) is 0 Å². The molecule has 0 fully saturated rings. The van der Waals surface area contributed by atoms with Crippen molar-refractivity contribution in [2.45, 2.75) is 18.2 Å². The minimum Gasteiger partial charge on any atom is -0.144 e. The molecule has 1 heterocycles. The number of rotatable bonds is 3. The van der Waals surface area contributed by atoms with Gasteiger partial charge in [-0.25, -0.2) is 0 Å². The molecule has 2 rings (SSSR count). The first kappa shape index (κ1) is 12.6. The zero-order valence-electron chi connectivity index (χ0n) is 8.91. The van der Waals surface area contributed by atoms with E-state index < -0.39 is 0 Å². The third-order valence-electron chi connectivity index (χ3n) is 2.44. The predicted molar refractivity (Wildman–Crippen MR) is 83.6 cm³/mol. The van der Waals surface area contributed by atoms with E-state index in [0.717, 1.165) is 6.42 Å². The van der Waals surface area contributed by atoms with E-state index in [1.165, 1.54) is 18.9 Å². The van der Waals surface area contributed by atoms with E-state index in [1.807, 2.05) is 11.3 Å². The van der Waals surface area contributed by atoms with Crippen LogP contribution in [0.15, 0.2) is 36.4 Å². The Kier molecular flexibility index (Phi) is 4.44. The summed E-state index contributed by atoms with van der Waals surface area (Å²) in [5.74, 6) is 0. The lowest BCUT2D eigenvalue weighted by Gasteiger charge is -2.07. The molecule has 0 N–H and O–H groups in total. The van der Waals surface area contributed by atoms with Crippen LogP contribution in [0.4, 0.5) is 0 Å². The van der Waals surface area contributed by atoms with Gasteiger partial charge in [-0.3, -0.25) is 0 Å². The van der Waals surface area contributed by atoms with Gasteiger partial charge in [0.2, 0.25) is 0 Å². The number of aryl methyl sites for hydroxylation is 1. The van der Waals surface area contributed by atoms with Crippen LogP contribution in [-0.2, 0) is 6.42 Å². The lowest BCUT2D eigenvalue weighted by atomic mass is 10.1. The number of hydrogen-bond donors (Lipinski definition) is 0. The Morgan fingerprint density at radius 3 is 2.44 bits per heavy atom. The van der Waals surface area contributed by atoms with Gasteiger partial charge in [-0.05, 0) is 58.8 Å². The average Bonchev–Trinajstić information content (AvgIpc) is 2.77. The van der Waals surface area contributed by atoms with Crippen LogP contribution in [0, 0.1) is 3.57 Å². The molecule has 0 saturated carbocycles. The molecule has 84 valence electrons. The maximum Gasteiger partial charge on any atom is 0.0738 e. The Hall–Kier alpha value is 0.130. The SMILES string of the molecule is CCc1ccc(C(Br)c2ccc(I)cc2)s1. The van der Waals surface area contributed by atoms with Crippen LogP contribution in [0.2, 0.25) is 0 Å². The second-order valence-corrected chi connectivity index (χ2v) is 6.93. The highest BCUT2D eigenvalue weighted by Gasteiger charge is 2.12. The molecular weight excluding hydrogens is 395 g/mol.